The first-order valence-electron chi connectivity index (χ1n) is 5.51. The van der Waals surface area contributed by atoms with Crippen molar-refractivity contribution >= 4 is 21.4 Å². The van der Waals surface area contributed by atoms with Gasteiger partial charge < -0.3 is 5.73 Å². The Labute approximate surface area is 107 Å². The number of halogens is 1. The second-order valence-electron chi connectivity index (χ2n) is 3.91. The Morgan fingerprint density at radius 3 is 3.00 bits per heavy atom. The van der Waals surface area contributed by atoms with E-state index in [4.69, 9.17) is 5.73 Å². The summed E-state index contributed by atoms with van der Waals surface area (Å²) in [5, 5.41) is 4.70. The van der Waals surface area contributed by atoms with Gasteiger partial charge in [0, 0.05) is 21.5 Å². The number of hydrogen-bond donors (Lipinski definition) is 1. The molecule has 2 N–H and O–H groups in total. The first kappa shape index (κ1) is 11.3. The lowest BCUT2D eigenvalue weighted by atomic mass is 10.1. The van der Waals surface area contributed by atoms with Crippen LogP contribution in [0.1, 0.15) is 10.4 Å². The van der Waals surface area contributed by atoms with Crippen LogP contribution in [0, 0.1) is 5.82 Å². The second kappa shape index (κ2) is 4.47. The van der Waals surface area contributed by atoms with Crippen molar-refractivity contribution in [1.29, 1.82) is 0 Å². The number of hydrogen-bond acceptors (Lipinski definition) is 4. The van der Waals surface area contributed by atoms with Gasteiger partial charge in [0.25, 0.3) is 0 Å². The zero-order valence-corrected chi connectivity index (χ0v) is 10.3. The van der Waals surface area contributed by atoms with Gasteiger partial charge >= 0.3 is 0 Å². The van der Waals surface area contributed by atoms with Crippen LogP contribution in [0.3, 0.4) is 0 Å². The van der Waals surface area contributed by atoms with Crippen LogP contribution in [-0.2, 0) is 13.1 Å². The molecule has 0 radical (unpaired) electrons. The van der Waals surface area contributed by atoms with Crippen LogP contribution in [0.4, 0.5) is 4.39 Å². The normalized spacial score (nSPS) is 11.2. The second-order valence-corrected chi connectivity index (χ2v) is 5.05. The van der Waals surface area contributed by atoms with Crippen LogP contribution in [0.15, 0.2) is 30.9 Å². The van der Waals surface area contributed by atoms with E-state index >= 15 is 0 Å². The summed E-state index contributed by atoms with van der Waals surface area (Å²) in [6, 6.07) is 5.10. The number of fused-ring (bicyclic) bond motifs is 1. The Morgan fingerprint density at radius 1 is 1.39 bits per heavy atom. The molecule has 0 saturated carbocycles. The monoisotopic (exact) mass is 262 g/mol. The van der Waals surface area contributed by atoms with E-state index in [1.807, 2.05) is 6.07 Å². The molecule has 92 valence electrons. The fourth-order valence-corrected chi connectivity index (χ4v) is 3.13. The largest absolute Gasteiger partial charge is 0.326 e. The van der Waals surface area contributed by atoms with Gasteiger partial charge in [-0.2, -0.15) is 5.10 Å². The summed E-state index contributed by atoms with van der Waals surface area (Å²) in [6.45, 7) is 0.899. The first-order chi connectivity index (χ1) is 8.79. The molecule has 3 rings (SSSR count). The maximum Gasteiger partial charge on any atom is 0.137 e. The molecule has 0 atom stereocenters. The summed E-state index contributed by atoms with van der Waals surface area (Å²) in [7, 11) is 0. The van der Waals surface area contributed by atoms with Crippen molar-refractivity contribution in [1.82, 2.24) is 14.8 Å². The average molecular weight is 262 g/mol. The molecule has 0 saturated heterocycles. The van der Waals surface area contributed by atoms with E-state index in [9.17, 15) is 4.39 Å². The van der Waals surface area contributed by atoms with Crippen LogP contribution in [0.25, 0.3) is 10.1 Å². The molecule has 3 aromatic rings. The van der Waals surface area contributed by atoms with E-state index in [1.165, 1.54) is 23.7 Å². The standard InChI is InChI=1S/C12H11FN4S/c13-9-2-1-3-10-12(9)8(11(4-14)18-10)5-17-7-15-6-16-17/h1-3,6-7H,4-5,14H2. The van der Waals surface area contributed by atoms with Crippen molar-refractivity contribution in [3.05, 3.63) is 47.1 Å². The Bertz CT molecular complexity index is 675. The van der Waals surface area contributed by atoms with Crippen LogP contribution in [0.2, 0.25) is 0 Å². The third-order valence-electron chi connectivity index (χ3n) is 2.82. The van der Waals surface area contributed by atoms with Crippen LogP contribution in [0.5, 0.6) is 0 Å². The van der Waals surface area contributed by atoms with E-state index in [0.29, 0.717) is 18.5 Å². The minimum absolute atomic E-state index is 0.210. The van der Waals surface area contributed by atoms with Crippen molar-refractivity contribution in [3.8, 4) is 0 Å². The lowest BCUT2D eigenvalue weighted by Crippen LogP contribution is -2.04. The van der Waals surface area contributed by atoms with Crippen molar-refractivity contribution < 1.29 is 4.39 Å². The summed E-state index contributed by atoms with van der Waals surface area (Å²) in [6.07, 6.45) is 3.08. The number of aromatic nitrogens is 3. The quantitative estimate of drug-likeness (QED) is 0.786. The molecule has 2 aromatic heterocycles. The van der Waals surface area contributed by atoms with Crippen molar-refractivity contribution in [2.45, 2.75) is 13.1 Å². The lowest BCUT2D eigenvalue weighted by molar-refractivity contribution is 0.634. The Morgan fingerprint density at radius 2 is 2.28 bits per heavy atom. The van der Waals surface area contributed by atoms with Gasteiger partial charge in [0.2, 0.25) is 0 Å². The number of rotatable bonds is 3. The lowest BCUT2D eigenvalue weighted by Gasteiger charge is -2.03. The highest BCUT2D eigenvalue weighted by Gasteiger charge is 2.15. The first-order valence-corrected chi connectivity index (χ1v) is 6.32. The summed E-state index contributed by atoms with van der Waals surface area (Å²) >= 11 is 1.53. The van der Waals surface area contributed by atoms with Crippen LogP contribution in [-0.4, -0.2) is 14.8 Å². The minimum Gasteiger partial charge on any atom is -0.326 e. The van der Waals surface area contributed by atoms with Crippen LogP contribution < -0.4 is 5.73 Å². The molecule has 0 amide bonds. The third-order valence-corrected chi connectivity index (χ3v) is 4.04. The van der Waals surface area contributed by atoms with E-state index in [-0.39, 0.29) is 5.82 Å². The molecule has 0 bridgehead atoms. The van der Waals surface area contributed by atoms with Crippen molar-refractivity contribution in [2.75, 3.05) is 0 Å². The van der Waals surface area contributed by atoms with Gasteiger partial charge in [-0.1, -0.05) is 6.07 Å². The fourth-order valence-electron chi connectivity index (χ4n) is 2.02. The molecule has 6 heteroatoms. The predicted octanol–water partition coefficient (Wildman–Crippen LogP) is 2.14. The van der Waals surface area contributed by atoms with Gasteiger partial charge in [0.1, 0.15) is 18.5 Å². The number of thiophene rings is 1. The van der Waals surface area contributed by atoms with Crippen molar-refractivity contribution in [2.24, 2.45) is 5.73 Å². The average Bonchev–Trinajstić information content (AvgIpc) is 2.98. The Balaban J connectivity index is 2.19. The third kappa shape index (κ3) is 1.79. The molecule has 0 spiro atoms. The van der Waals surface area contributed by atoms with E-state index in [1.54, 1.807) is 17.1 Å². The molecule has 0 unspecified atom stereocenters. The highest BCUT2D eigenvalue weighted by atomic mass is 32.1. The zero-order chi connectivity index (χ0) is 12.5. The van der Waals surface area contributed by atoms with Gasteiger partial charge in [0.05, 0.1) is 6.54 Å². The molecular formula is C12H11FN4S. The fraction of sp³-hybridized carbons (Fsp3) is 0.167. The smallest absolute Gasteiger partial charge is 0.137 e. The molecule has 2 heterocycles. The van der Waals surface area contributed by atoms with Gasteiger partial charge in [-0.05, 0) is 17.7 Å². The topological polar surface area (TPSA) is 56.7 Å². The molecule has 4 nitrogen and oxygen atoms in total. The van der Waals surface area contributed by atoms with Crippen molar-refractivity contribution in [3.63, 3.8) is 0 Å². The SMILES string of the molecule is NCc1sc2cccc(F)c2c1Cn1cncn1. The number of benzene rings is 1. The van der Waals surface area contributed by atoms with Gasteiger partial charge in [0.15, 0.2) is 0 Å². The summed E-state index contributed by atoms with van der Waals surface area (Å²) in [5.41, 5.74) is 6.64. The number of nitrogens with zero attached hydrogens (tertiary/aromatic N) is 3. The maximum atomic E-state index is 13.9. The predicted molar refractivity (Wildman–Crippen MR) is 68.8 cm³/mol. The van der Waals surface area contributed by atoms with Gasteiger partial charge in [-0.25, -0.2) is 14.1 Å². The van der Waals surface area contributed by atoms with Gasteiger partial charge in [-0.15, -0.1) is 11.3 Å². The van der Waals surface area contributed by atoms with Crippen LogP contribution >= 0.6 is 11.3 Å². The summed E-state index contributed by atoms with van der Waals surface area (Å²) < 4.78 is 16.5. The summed E-state index contributed by atoms with van der Waals surface area (Å²) in [4.78, 5) is 4.88. The van der Waals surface area contributed by atoms with E-state index in [2.05, 4.69) is 10.1 Å². The minimum atomic E-state index is -0.210. The van der Waals surface area contributed by atoms with E-state index < -0.39 is 0 Å². The highest BCUT2D eigenvalue weighted by Crippen LogP contribution is 2.33. The highest BCUT2D eigenvalue weighted by molar-refractivity contribution is 7.19. The molecule has 18 heavy (non-hydrogen) atoms. The molecule has 0 aliphatic rings. The summed E-state index contributed by atoms with van der Waals surface area (Å²) in [5.74, 6) is -0.210. The maximum absolute atomic E-state index is 13.9. The Kier molecular flexibility index (Phi) is 2.81. The molecule has 0 fully saturated rings. The molecule has 1 aromatic carbocycles. The van der Waals surface area contributed by atoms with E-state index in [0.717, 1.165) is 15.1 Å². The Hall–Kier alpha value is -1.79. The number of nitrogens with two attached hydrogens (primary N) is 1. The molecule has 0 aliphatic carbocycles. The molecule has 0 aliphatic heterocycles. The molecular weight excluding hydrogens is 251 g/mol. The zero-order valence-electron chi connectivity index (χ0n) is 9.51. The van der Waals surface area contributed by atoms with Gasteiger partial charge in [-0.3, -0.25) is 0 Å².